The van der Waals surface area contributed by atoms with Crippen molar-refractivity contribution in [2.45, 2.75) is 37.7 Å². The van der Waals surface area contributed by atoms with E-state index in [1.54, 1.807) is 6.07 Å². The Hall–Kier alpha value is -3.31. The largest absolute Gasteiger partial charge is 0.478 e. The third-order valence-electron chi connectivity index (χ3n) is 8.58. The van der Waals surface area contributed by atoms with Gasteiger partial charge in [-0.25, -0.2) is 9.18 Å². The second-order valence-corrected chi connectivity index (χ2v) is 11.8. The van der Waals surface area contributed by atoms with Crippen LogP contribution in [0.2, 0.25) is 5.02 Å². The molecule has 3 heterocycles. The molecule has 224 valence electrons. The molecule has 2 aliphatic heterocycles. The molecule has 2 saturated heterocycles. The summed E-state index contributed by atoms with van der Waals surface area (Å²) in [4.78, 5) is 18.2. The van der Waals surface area contributed by atoms with Crippen LogP contribution in [0.1, 0.15) is 41.4 Å². The van der Waals surface area contributed by atoms with E-state index in [9.17, 15) is 27.5 Å². The lowest BCUT2D eigenvalue weighted by Crippen LogP contribution is -2.47. The number of aromatic carboxylic acids is 1. The predicted octanol–water partition coefficient (Wildman–Crippen LogP) is 6.24. The van der Waals surface area contributed by atoms with Gasteiger partial charge in [-0.05, 0) is 49.1 Å². The van der Waals surface area contributed by atoms with Gasteiger partial charge in [-0.3, -0.25) is 9.58 Å². The van der Waals surface area contributed by atoms with E-state index in [-0.39, 0.29) is 12.5 Å². The van der Waals surface area contributed by atoms with E-state index >= 15 is 0 Å². The van der Waals surface area contributed by atoms with Gasteiger partial charge >= 0.3 is 12.1 Å². The van der Waals surface area contributed by atoms with Crippen molar-refractivity contribution in [3.8, 4) is 11.1 Å². The molecular weight excluding hydrogens is 574 g/mol. The summed E-state index contributed by atoms with van der Waals surface area (Å²) in [6.45, 7) is 5.24. The fourth-order valence-electron chi connectivity index (χ4n) is 6.23. The van der Waals surface area contributed by atoms with Crippen LogP contribution >= 0.6 is 11.6 Å². The fourth-order valence-corrected chi connectivity index (χ4v) is 6.40. The Morgan fingerprint density at radius 2 is 1.74 bits per heavy atom. The summed E-state index contributed by atoms with van der Waals surface area (Å²) in [6.07, 6.45) is -2.96. The number of carboxylic acids is 1. The normalized spacial score (nSPS) is 23.3. The minimum atomic E-state index is -4.85. The molecular formula is C30H32ClF4N5O2. The number of carboxylic acid groups (broad SMARTS) is 1. The number of anilines is 2. The second-order valence-electron chi connectivity index (χ2n) is 11.4. The first-order chi connectivity index (χ1) is 20.1. The molecule has 0 bridgehead atoms. The SMILES string of the molecule is O=C(O)c1cnn(C2CCCN(c3cc(Cl)ccc3-c3ccc(N4CCN(C[C@H]5C[C@@H]5F)CC4)cc3)C2)c1C(F)(F)F. The van der Waals surface area contributed by atoms with Crippen molar-refractivity contribution in [1.29, 1.82) is 0 Å². The van der Waals surface area contributed by atoms with Gasteiger partial charge in [-0.2, -0.15) is 18.3 Å². The summed E-state index contributed by atoms with van der Waals surface area (Å²) in [5.41, 5.74) is 1.69. The number of piperazine rings is 1. The van der Waals surface area contributed by atoms with E-state index in [2.05, 4.69) is 27.0 Å². The van der Waals surface area contributed by atoms with Crippen molar-refractivity contribution in [1.82, 2.24) is 14.7 Å². The van der Waals surface area contributed by atoms with Crippen LogP contribution in [0.25, 0.3) is 11.1 Å². The zero-order valence-corrected chi connectivity index (χ0v) is 23.7. The molecule has 42 heavy (non-hydrogen) atoms. The monoisotopic (exact) mass is 605 g/mol. The van der Waals surface area contributed by atoms with E-state index in [1.165, 1.54) is 0 Å². The highest BCUT2D eigenvalue weighted by atomic mass is 35.5. The summed E-state index contributed by atoms with van der Waals surface area (Å²) in [7, 11) is 0. The van der Waals surface area contributed by atoms with Crippen LogP contribution in [0.5, 0.6) is 0 Å². The van der Waals surface area contributed by atoms with E-state index in [4.69, 9.17) is 11.6 Å². The average Bonchev–Trinajstić information content (AvgIpc) is 3.46. The van der Waals surface area contributed by atoms with Crippen molar-refractivity contribution >= 4 is 28.9 Å². The number of nitrogens with zero attached hydrogens (tertiary/aromatic N) is 5. The van der Waals surface area contributed by atoms with E-state index in [1.807, 2.05) is 29.2 Å². The molecule has 7 nitrogen and oxygen atoms in total. The van der Waals surface area contributed by atoms with Gasteiger partial charge in [0.15, 0.2) is 5.69 Å². The molecule has 3 aliphatic rings. The Balaban J connectivity index is 1.20. The number of hydrogen-bond acceptors (Lipinski definition) is 5. The number of carbonyl (C=O) groups is 1. The number of benzene rings is 2. The zero-order chi connectivity index (χ0) is 29.6. The minimum absolute atomic E-state index is 0.202. The molecule has 0 spiro atoms. The van der Waals surface area contributed by atoms with Crippen molar-refractivity contribution in [3.05, 3.63) is 64.9 Å². The Kier molecular flexibility index (Phi) is 7.82. The van der Waals surface area contributed by atoms with Gasteiger partial charge in [0.1, 0.15) is 11.7 Å². The fraction of sp³-hybridized carbons (Fsp3) is 0.467. The van der Waals surface area contributed by atoms with Crippen LogP contribution < -0.4 is 9.80 Å². The summed E-state index contributed by atoms with van der Waals surface area (Å²) < 4.78 is 55.8. The Morgan fingerprint density at radius 1 is 1.02 bits per heavy atom. The van der Waals surface area contributed by atoms with Crippen molar-refractivity contribution < 1.29 is 27.5 Å². The van der Waals surface area contributed by atoms with E-state index < -0.39 is 35.6 Å². The van der Waals surface area contributed by atoms with Crippen molar-refractivity contribution in [2.24, 2.45) is 5.92 Å². The molecule has 2 aromatic carbocycles. The molecule has 3 aromatic rings. The molecule has 1 aromatic heterocycles. The maximum Gasteiger partial charge on any atom is 0.433 e. The summed E-state index contributed by atoms with van der Waals surface area (Å²) in [5, 5.41) is 13.7. The van der Waals surface area contributed by atoms with Crippen LogP contribution in [0.4, 0.5) is 28.9 Å². The molecule has 1 aliphatic carbocycles. The van der Waals surface area contributed by atoms with Gasteiger partial charge in [-0.1, -0.05) is 29.8 Å². The number of piperidine rings is 1. The number of halogens is 5. The number of rotatable bonds is 7. The third kappa shape index (κ3) is 5.94. The molecule has 0 amide bonds. The summed E-state index contributed by atoms with van der Waals surface area (Å²) in [5.74, 6) is -1.45. The molecule has 1 saturated carbocycles. The maximum atomic E-state index is 13.9. The molecule has 1 N–H and O–H groups in total. The lowest BCUT2D eigenvalue weighted by molar-refractivity contribution is -0.145. The van der Waals surface area contributed by atoms with Crippen LogP contribution in [0.3, 0.4) is 0 Å². The predicted molar refractivity (Wildman–Crippen MR) is 153 cm³/mol. The third-order valence-corrected chi connectivity index (χ3v) is 8.82. The topological polar surface area (TPSA) is 64.8 Å². The zero-order valence-electron chi connectivity index (χ0n) is 22.9. The minimum Gasteiger partial charge on any atom is -0.478 e. The van der Waals surface area contributed by atoms with Gasteiger partial charge in [0.2, 0.25) is 0 Å². The lowest BCUT2D eigenvalue weighted by Gasteiger charge is -2.37. The highest BCUT2D eigenvalue weighted by Gasteiger charge is 2.42. The lowest BCUT2D eigenvalue weighted by atomic mass is 9.99. The highest BCUT2D eigenvalue weighted by Crippen LogP contribution is 2.40. The first-order valence-corrected chi connectivity index (χ1v) is 14.6. The van der Waals surface area contributed by atoms with E-state index in [0.717, 1.165) is 66.1 Å². The molecule has 12 heteroatoms. The van der Waals surface area contributed by atoms with Gasteiger partial charge in [-0.15, -0.1) is 0 Å². The quantitative estimate of drug-likeness (QED) is 0.322. The smallest absolute Gasteiger partial charge is 0.433 e. The van der Waals surface area contributed by atoms with Gasteiger partial charge in [0, 0.05) is 73.7 Å². The molecule has 3 atom stereocenters. The van der Waals surface area contributed by atoms with Gasteiger partial charge in [0.05, 0.1) is 12.2 Å². The van der Waals surface area contributed by atoms with E-state index in [0.29, 0.717) is 30.8 Å². The maximum absolute atomic E-state index is 13.9. The van der Waals surface area contributed by atoms with Crippen LogP contribution in [0, 0.1) is 5.92 Å². The number of alkyl halides is 4. The molecule has 0 radical (unpaired) electrons. The first-order valence-electron chi connectivity index (χ1n) is 14.2. The summed E-state index contributed by atoms with van der Waals surface area (Å²) in [6, 6.07) is 13.1. The van der Waals surface area contributed by atoms with Crippen molar-refractivity contribution in [2.75, 3.05) is 55.6 Å². The highest BCUT2D eigenvalue weighted by molar-refractivity contribution is 6.31. The van der Waals surface area contributed by atoms with Gasteiger partial charge in [0.25, 0.3) is 0 Å². The first kappa shape index (κ1) is 28.8. The van der Waals surface area contributed by atoms with Crippen LogP contribution in [0.15, 0.2) is 48.7 Å². The average molecular weight is 606 g/mol. The van der Waals surface area contributed by atoms with Crippen LogP contribution in [-0.2, 0) is 6.18 Å². The Labute approximate surface area is 246 Å². The number of hydrogen-bond donors (Lipinski definition) is 1. The van der Waals surface area contributed by atoms with Crippen LogP contribution in [-0.4, -0.2) is 77.7 Å². The van der Waals surface area contributed by atoms with Gasteiger partial charge < -0.3 is 14.9 Å². The second kappa shape index (κ2) is 11.4. The number of aromatic nitrogens is 2. The summed E-state index contributed by atoms with van der Waals surface area (Å²) >= 11 is 6.39. The Morgan fingerprint density at radius 3 is 2.38 bits per heavy atom. The standard InChI is InChI=1S/C30H32ClF4N5O2/c31-21-5-8-24(19-3-6-22(7-4-19)38-12-10-37(11-13-38)17-20-14-26(20)32)27(15-21)39-9-1-2-23(18-39)40-28(30(33,34)35)25(16-36-40)29(41)42/h3-8,15-16,20,23,26H,1-2,9-14,17-18H2,(H,41,42)/t20-,23?,26+/m1/s1. The molecule has 1 unspecified atom stereocenters. The Bertz CT molecular complexity index is 1440. The molecule has 3 fully saturated rings. The molecule has 6 rings (SSSR count). The van der Waals surface area contributed by atoms with Crippen molar-refractivity contribution in [3.63, 3.8) is 0 Å².